The summed E-state index contributed by atoms with van der Waals surface area (Å²) < 4.78 is 0. The largest absolute Gasteiger partial charge is 0.508 e. The van der Waals surface area contributed by atoms with Gasteiger partial charge in [-0.05, 0) is 30.3 Å². The number of phenolic OH excluding ortho intramolecular Hbond substituents is 2. The van der Waals surface area contributed by atoms with Crippen LogP contribution in [0.1, 0.15) is 10.4 Å². The number of nitrogens with one attached hydrogen (secondary N) is 1. The van der Waals surface area contributed by atoms with Crippen molar-refractivity contribution in [1.29, 1.82) is 0 Å². The summed E-state index contributed by atoms with van der Waals surface area (Å²) in [6.45, 7) is 0. The van der Waals surface area contributed by atoms with Crippen LogP contribution in [0.15, 0.2) is 42.5 Å². The SMILES string of the molecule is O=C(Nc1ccccc1Cl)c1cc(O)ccc1O. The van der Waals surface area contributed by atoms with Crippen LogP contribution in [-0.4, -0.2) is 16.1 Å². The molecule has 0 spiro atoms. The average Bonchev–Trinajstić information content (AvgIpc) is 2.35. The first-order valence-electron chi connectivity index (χ1n) is 5.16. The number of amides is 1. The normalized spacial score (nSPS) is 10.1. The fraction of sp³-hybridized carbons (Fsp3) is 0. The number of aromatic hydroxyl groups is 2. The number of para-hydroxylation sites is 1. The summed E-state index contributed by atoms with van der Waals surface area (Å²) in [5.74, 6) is -0.856. The Labute approximate surface area is 108 Å². The van der Waals surface area contributed by atoms with Crippen molar-refractivity contribution < 1.29 is 15.0 Å². The molecule has 0 unspecified atom stereocenters. The molecule has 2 aromatic rings. The zero-order valence-corrected chi connectivity index (χ0v) is 9.98. The van der Waals surface area contributed by atoms with Crippen LogP contribution in [0.3, 0.4) is 0 Å². The maximum absolute atomic E-state index is 11.9. The number of benzene rings is 2. The zero-order chi connectivity index (χ0) is 13.1. The van der Waals surface area contributed by atoms with E-state index in [1.807, 2.05) is 0 Å². The van der Waals surface area contributed by atoms with Crippen LogP contribution in [0.5, 0.6) is 11.5 Å². The summed E-state index contributed by atoms with van der Waals surface area (Å²) in [5.41, 5.74) is 0.418. The molecular formula is C13H10ClNO3. The molecule has 2 aromatic carbocycles. The number of anilines is 1. The van der Waals surface area contributed by atoms with Gasteiger partial charge in [-0.2, -0.15) is 0 Å². The molecule has 5 heteroatoms. The van der Waals surface area contributed by atoms with E-state index in [-0.39, 0.29) is 17.1 Å². The smallest absolute Gasteiger partial charge is 0.259 e. The van der Waals surface area contributed by atoms with Crippen LogP contribution in [0.25, 0.3) is 0 Å². The lowest BCUT2D eigenvalue weighted by atomic mass is 10.1. The Morgan fingerprint density at radius 1 is 1.11 bits per heavy atom. The van der Waals surface area contributed by atoms with Crippen LogP contribution in [0.4, 0.5) is 5.69 Å². The van der Waals surface area contributed by atoms with Crippen molar-refractivity contribution in [2.24, 2.45) is 0 Å². The third-order valence-corrected chi connectivity index (χ3v) is 2.68. The van der Waals surface area contributed by atoms with Crippen LogP contribution in [-0.2, 0) is 0 Å². The van der Waals surface area contributed by atoms with E-state index >= 15 is 0 Å². The van der Waals surface area contributed by atoms with Gasteiger partial charge in [0, 0.05) is 0 Å². The topological polar surface area (TPSA) is 69.6 Å². The second kappa shape index (κ2) is 4.98. The minimum Gasteiger partial charge on any atom is -0.508 e. The van der Waals surface area contributed by atoms with E-state index in [0.29, 0.717) is 10.7 Å². The van der Waals surface area contributed by atoms with Gasteiger partial charge in [-0.25, -0.2) is 0 Å². The quantitative estimate of drug-likeness (QED) is 0.730. The van der Waals surface area contributed by atoms with E-state index in [2.05, 4.69) is 5.32 Å². The maximum Gasteiger partial charge on any atom is 0.259 e. The molecule has 0 aliphatic heterocycles. The molecule has 1 amide bonds. The van der Waals surface area contributed by atoms with E-state index < -0.39 is 5.91 Å². The number of carbonyl (C=O) groups is 1. The predicted octanol–water partition coefficient (Wildman–Crippen LogP) is 3.00. The standard InChI is InChI=1S/C13H10ClNO3/c14-10-3-1-2-4-11(10)15-13(18)9-7-8(16)5-6-12(9)17/h1-7,16-17H,(H,15,18). The molecule has 0 fully saturated rings. The number of halogens is 1. The monoisotopic (exact) mass is 263 g/mol. The Kier molecular flexibility index (Phi) is 3.39. The Balaban J connectivity index is 2.28. The molecule has 0 bridgehead atoms. The summed E-state index contributed by atoms with van der Waals surface area (Å²) in [6, 6.07) is 10.5. The van der Waals surface area contributed by atoms with Gasteiger partial charge in [0.15, 0.2) is 0 Å². The fourth-order valence-electron chi connectivity index (χ4n) is 1.46. The number of hydrogen-bond donors (Lipinski definition) is 3. The maximum atomic E-state index is 11.9. The molecule has 0 atom stereocenters. The molecule has 4 nitrogen and oxygen atoms in total. The van der Waals surface area contributed by atoms with Gasteiger partial charge in [-0.1, -0.05) is 23.7 Å². The number of carbonyl (C=O) groups excluding carboxylic acids is 1. The van der Waals surface area contributed by atoms with Crippen LogP contribution in [0.2, 0.25) is 5.02 Å². The molecule has 0 radical (unpaired) electrons. The van der Waals surface area contributed by atoms with Gasteiger partial charge >= 0.3 is 0 Å². The van der Waals surface area contributed by atoms with Crippen molar-refractivity contribution >= 4 is 23.2 Å². The van der Waals surface area contributed by atoms with Gasteiger partial charge in [0.25, 0.3) is 5.91 Å². The highest BCUT2D eigenvalue weighted by molar-refractivity contribution is 6.33. The Morgan fingerprint density at radius 3 is 2.56 bits per heavy atom. The molecular weight excluding hydrogens is 254 g/mol. The third kappa shape index (κ3) is 2.55. The molecule has 0 saturated carbocycles. The lowest BCUT2D eigenvalue weighted by molar-refractivity contribution is 0.102. The molecule has 2 rings (SSSR count). The lowest BCUT2D eigenvalue weighted by Gasteiger charge is -2.08. The highest BCUT2D eigenvalue weighted by Gasteiger charge is 2.13. The highest BCUT2D eigenvalue weighted by atomic mass is 35.5. The van der Waals surface area contributed by atoms with E-state index in [1.165, 1.54) is 18.2 Å². The molecule has 92 valence electrons. The molecule has 0 saturated heterocycles. The Morgan fingerprint density at radius 2 is 1.83 bits per heavy atom. The van der Waals surface area contributed by atoms with Crippen molar-refractivity contribution in [3.05, 3.63) is 53.1 Å². The van der Waals surface area contributed by atoms with Gasteiger partial charge in [-0.15, -0.1) is 0 Å². The van der Waals surface area contributed by atoms with Crippen molar-refractivity contribution in [3.8, 4) is 11.5 Å². The average molecular weight is 264 g/mol. The second-order valence-electron chi connectivity index (χ2n) is 3.64. The summed E-state index contributed by atoms with van der Waals surface area (Å²) in [6.07, 6.45) is 0. The molecule has 3 N–H and O–H groups in total. The third-order valence-electron chi connectivity index (χ3n) is 2.35. The van der Waals surface area contributed by atoms with E-state index in [4.69, 9.17) is 11.6 Å². The van der Waals surface area contributed by atoms with Crippen molar-refractivity contribution in [2.75, 3.05) is 5.32 Å². The number of rotatable bonds is 2. The fourth-order valence-corrected chi connectivity index (χ4v) is 1.64. The van der Waals surface area contributed by atoms with Gasteiger partial charge < -0.3 is 15.5 Å². The predicted molar refractivity (Wildman–Crippen MR) is 69.2 cm³/mol. The van der Waals surface area contributed by atoms with E-state index in [0.717, 1.165) is 0 Å². The van der Waals surface area contributed by atoms with Crippen LogP contribution >= 0.6 is 11.6 Å². The molecule has 0 aliphatic rings. The summed E-state index contributed by atoms with van der Waals surface area (Å²) >= 11 is 5.90. The molecule has 18 heavy (non-hydrogen) atoms. The summed E-state index contributed by atoms with van der Waals surface area (Å²) in [4.78, 5) is 11.9. The molecule has 0 aromatic heterocycles. The Hall–Kier alpha value is -2.20. The lowest BCUT2D eigenvalue weighted by Crippen LogP contribution is -2.12. The van der Waals surface area contributed by atoms with Crippen LogP contribution < -0.4 is 5.32 Å². The van der Waals surface area contributed by atoms with Gasteiger partial charge in [0.2, 0.25) is 0 Å². The van der Waals surface area contributed by atoms with E-state index in [9.17, 15) is 15.0 Å². The number of phenols is 2. The van der Waals surface area contributed by atoms with Gasteiger partial charge in [0.05, 0.1) is 16.3 Å². The molecule has 0 aliphatic carbocycles. The van der Waals surface area contributed by atoms with Gasteiger partial charge in [0.1, 0.15) is 11.5 Å². The molecule has 0 heterocycles. The summed E-state index contributed by atoms with van der Waals surface area (Å²) in [5, 5.41) is 21.8. The van der Waals surface area contributed by atoms with Crippen LogP contribution in [0, 0.1) is 0 Å². The zero-order valence-electron chi connectivity index (χ0n) is 9.22. The van der Waals surface area contributed by atoms with Crippen molar-refractivity contribution in [3.63, 3.8) is 0 Å². The first kappa shape index (κ1) is 12.3. The number of hydrogen-bond acceptors (Lipinski definition) is 3. The Bertz CT molecular complexity index is 599. The second-order valence-corrected chi connectivity index (χ2v) is 4.04. The minimum absolute atomic E-state index is 0.0186. The minimum atomic E-state index is -0.545. The van der Waals surface area contributed by atoms with E-state index in [1.54, 1.807) is 24.3 Å². The first-order chi connectivity index (χ1) is 8.58. The first-order valence-corrected chi connectivity index (χ1v) is 5.53. The highest BCUT2D eigenvalue weighted by Crippen LogP contribution is 2.25. The summed E-state index contributed by atoms with van der Waals surface area (Å²) in [7, 11) is 0. The van der Waals surface area contributed by atoms with Gasteiger partial charge in [-0.3, -0.25) is 4.79 Å². The van der Waals surface area contributed by atoms with Crippen molar-refractivity contribution in [2.45, 2.75) is 0 Å². The van der Waals surface area contributed by atoms with Crippen molar-refractivity contribution in [1.82, 2.24) is 0 Å².